The third kappa shape index (κ3) is 3.86. The molecule has 0 saturated carbocycles. The van der Waals surface area contributed by atoms with Gasteiger partial charge in [-0.1, -0.05) is 13.0 Å². The van der Waals surface area contributed by atoms with Crippen LogP contribution in [-0.4, -0.2) is 25.1 Å². The van der Waals surface area contributed by atoms with Crippen LogP contribution in [0.15, 0.2) is 30.3 Å². The summed E-state index contributed by atoms with van der Waals surface area (Å²) in [6.45, 7) is 5.55. The van der Waals surface area contributed by atoms with Gasteiger partial charge in [0, 0.05) is 35.0 Å². The van der Waals surface area contributed by atoms with Crippen LogP contribution in [0.1, 0.15) is 30.9 Å². The number of aryl methyl sites for hydroxylation is 2. The number of benzene rings is 1. The maximum atomic E-state index is 14.8. The third-order valence-corrected chi connectivity index (χ3v) is 4.42. The summed E-state index contributed by atoms with van der Waals surface area (Å²) in [5, 5.41) is 10.2. The molecule has 154 valence electrons. The van der Waals surface area contributed by atoms with Crippen LogP contribution in [0.4, 0.5) is 20.4 Å². The molecule has 4 aromatic rings. The molecule has 30 heavy (non-hydrogen) atoms. The fourth-order valence-corrected chi connectivity index (χ4v) is 3.07. The zero-order chi connectivity index (χ0) is 21.3. The number of hydrogen-bond acceptors (Lipinski definition) is 5. The molecule has 0 bridgehead atoms. The Bertz CT molecular complexity index is 1240. The van der Waals surface area contributed by atoms with E-state index in [-0.39, 0.29) is 22.7 Å². The van der Waals surface area contributed by atoms with Crippen LogP contribution in [-0.2, 0) is 6.42 Å². The van der Waals surface area contributed by atoms with Crippen LogP contribution in [0.5, 0.6) is 11.8 Å². The first kappa shape index (κ1) is 19.6. The van der Waals surface area contributed by atoms with E-state index in [2.05, 4.69) is 30.5 Å². The maximum absolute atomic E-state index is 14.8. The summed E-state index contributed by atoms with van der Waals surface area (Å²) in [6.07, 6.45) is 4.37. The van der Waals surface area contributed by atoms with Crippen molar-refractivity contribution in [3.63, 3.8) is 0 Å². The highest BCUT2D eigenvalue weighted by Crippen LogP contribution is 2.32. The predicted molar refractivity (Wildman–Crippen MR) is 111 cm³/mol. The quantitative estimate of drug-likeness (QED) is 0.396. The normalized spacial score (nSPS) is 11.5. The van der Waals surface area contributed by atoms with Gasteiger partial charge in [-0.15, -0.1) is 0 Å². The number of rotatable bonds is 6. The van der Waals surface area contributed by atoms with Gasteiger partial charge in [-0.05, 0) is 32.4 Å². The summed E-state index contributed by atoms with van der Waals surface area (Å²) in [6, 6.07) is 5.97. The van der Waals surface area contributed by atoms with Gasteiger partial charge in [-0.3, -0.25) is 5.10 Å². The first-order valence-corrected chi connectivity index (χ1v) is 9.45. The molecule has 0 aliphatic rings. The molecule has 0 spiro atoms. The van der Waals surface area contributed by atoms with Gasteiger partial charge in [-0.25, -0.2) is 8.78 Å². The van der Waals surface area contributed by atoms with Crippen molar-refractivity contribution < 1.29 is 13.5 Å². The number of hydrogen-bond donors (Lipinski definition) is 3. The minimum absolute atomic E-state index is 0.0917. The average Bonchev–Trinajstić information content (AvgIpc) is 3.32. The number of aromatic nitrogens is 5. The number of halogens is 2. The van der Waals surface area contributed by atoms with Crippen LogP contribution in [0.25, 0.3) is 17.0 Å². The Kier molecular flexibility index (Phi) is 5.18. The zero-order valence-corrected chi connectivity index (χ0v) is 16.7. The van der Waals surface area contributed by atoms with Crippen molar-refractivity contribution in [2.45, 2.75) is 27.2 Å². The van der Waals surface area contributed by atoms with Crippen LogP contribution in [0.3, 0.4) is 0 Å². The molecule has 0 amide bonds. The molecule has 3 N–H and O–H groups in total. The molecular weight excluding hydrogens is 390 g/mol. The summed E-state index contributed by atoms with van der Waals surface area (Å²) in [4.78, 5) is 11.3. The van der Waals surface area contributed by atoms with Crippen molar-refractivity contribution in [1.29, 1.82) is 0 Å². The largest absolute Gasteiger partial charge is 0.421 e. The summed E-state index contributed by atoms with van der Waals surface area (Å²) in [7, 11) is 0. The van der Waals surface area contributed by atoms with Crippen molar-refractivity contribution in [3.05, 3.63) is 59.1 Å². The fourth-order valence-electron chi connectivity index (χ4n) is 3.07. The van der Waals surface area contributed by atoms with E-state index in [0.29, 0.717) is 29.4 Å². The van der Waals surface area contributed by atoms with Crippen molar-refractivity contribution in [2.75, 3.05) is 5.32 Å². The van der Waals surface area contributed by atoms with Gasteiger partial charge in [0.15, 0.2) is 23.2 Å². The van der Waals surface area contributed by atoms with Gasteiger partial charge in [-0.2, -0.15) is 15.1 Å². The minimum atomic E-state index is -0.681. The predicted octanol–water partition coefficient (Wildman–Crippen LogP) is 5.40. The molecule has 0 radical (unpaired) electrons. The lowest BCUT2D eigenvalue weighted by Gasteiger charge is -2.10. The maximum Gasteiger partial charge on any atom is 0.324 e. The van der Waals surface area contributed by atoms with E-state index in [9.17, 15) is 8.78 Å². The number of anilines is 2. The van der Waals surface area contributed by atoms with Gasteiger partial charge in [0.05, 0.1) is 11.2 Å². The van der Waals surface area contributed by atoms with E-state index >= 15 is 0 Å². The van der Waals surface area contributed by atoms with E-state index in [4.69, 9.17) is 4.74 Å². The Morgan fingerprint density at radius 1 is 1.13 bits per heavy atom. The smallest absolute Gasteiger partial charge is 0.324 e. The average molecular weight is 410 g/mol. The Morgan fingerprint density at radius 2 is 1.97 bits per heavy atom. The summed E-state index contributed by atoms with van der Waals surface area (Å²) >= 11 is 0. The first-order valence-electron chi connectivity index (χ1n) is 9.45. The molecule has 0 fully saturated rings. The molecule has 0 aliphatic heterocycles. The van der Waals surface area contributed by atoms with E-state index < -0.39 is 11.6 Å². The lowest BCUT2D eigenvalue weighted by Crippen LogP contribution is -2.02. The second-order valence-corrected chi connectivity index (χ2v) is 6.73. The molecular formula is C21H20F2N6O. The third-order valence-electron chi connectivity index (χ3n) is 4.42. The van der Waals surface area contributed by atoms with Crippen LogP contribution >= 0.6 is 0 Å². The number of aromatic amines is 2. The second kappa shape index (κ2) is 7.94. The number of fused-ring (bicyclic) bond motifs is 1. The number of nitrogens with one attached hydrogen (secondary N) is 3. The van der Waals surface area contributed by atoms with Gasteiger partial charge in [0.1, 0.15) is 5.82 Å². The molecule has 7 nitrogen and oxygen atoms in total. The number of H-pyrrole nitrogens is 2. The topological polar surface area (TPSA) is 91.5 Å². The first-order chi connectivity index (χ1) is 14.5. The van der Waals surface area contributed by atoms with E-state index in [1.54, 1.807) is 13.0 Å². The summed E-state index contributed by atoms with van der Waals surface area (Å²) in [5.74, 6) is -0.606. The molecule has 0 aliphatic carbocycles. The molecule has 0 atom stereocenters. The van der Waals surface area contributed by atoms with Crippen LogP contribution < -0.4 is 10.1 Å². The molecule has 1 aromatic carbocycles. The zero-order valence-electron chi connectivity index (χ0n) is 16.7. The van der Waals surface area contributed by atoms with Gasteiger partial charge < -0.3 is 15.0 Å². The monoisotopic (exact) mass is 410 g/mol. The Balaban J connectivity index is 1.66. The highest BCUT2D eigenvalue weighted by Gasteiger charge is 2.17. The molecule has 3 heterocycles. The fraction of sp³-hybridized carbons (Fsp3) is 0.190. The number of nitrogens with zero attached hydrogens (tertiary/aromatic N) is 3. The number of allylic oxidation sites excluding steroid dienone is 1. The molecule has 0 saturated heterocycles. The summed E-state index contributed by atoms with van der Waals surface area (Å²) in [5.41, 5.74) is 2.24. The van der Waals surface area contributed by atoms with E-state index in [0.717, 1.165) is 11.8 Å². The van der Waals surface area contributed by atoms with Gasteiger partial charge >= 0.3 is 6.01 Å². The van der Waals surface area contributed by atoms with Gasteiger partial charge in [0.25, 0.3) is 0 Å². The molecule has 4 rings (SSSR count). The van der Waals surface area contributed by atoms with Crippen molar-refractivity contribution in [3.8, 4) is 11.8 Å². The van der Waals surface area contributed by atoms with Gasteiger partial charge in [0.2, 0.25) is 0 Å². The van der Waals surface area contributed by atoms with E-state index in [1.165, 1.54) is 6.07 Å². The van der Waals surface area contributed by atoms with E-state index in [1.807, 2.05) is 32.1 Å². The lowest BCUT2D eigenvalue weighted by atomic mass is 10.2. The Morgan fingerprint density at radius 3 is 2.73 bits per heavy atom. The molecule has 0 unspecified atom stereocenters. The minimum Gasteiger partial charge on any atom is -0.421 e. The standard InChI is InChI=1S/C21H20F2N6O/c1-4-6-13-9-18(29-28-13)26-17-8-12(5-2)25-21(27-17)30-16-10-15(22)20-14(19(16)23)7-11(3)24-20/h4,6-10,24H,5H2,1-3H3,(H2,25,26,27,28,29)/b6-4+. The van der Waals surface area contributed by atoms with Crippen LogP contribution in [0.2, 0.25) is 0 Å². The summed E-state index contributed by atoms with van der Waals surface area (Å²) < 4.78 is 34.8. The lowest BCUT2D eigenvalue weighted by molar-refractivity contribution is 0.409. The highest BCUT2D eigenvalue weighted by molar-refractivity contribution is 5.83. The second-order valence-electron chi connectivity index (χ2n) is 6.73. The highest BCUT2D eigenvalue weighted by atomic mass is 19.1. The van der Waals surface area contributed by atoms with Crippen molar-refractivity contribution in [2.24, 2.45) is 0 Å². The van der Waals surface area contributed by atoms with Crippen molar-refractivity contribution >= 4 is 28.6 Å². The number of ether oxygens (including phenoxy) is 1. The molecule has 3 aromatic heterocycles. The SMILES string of the molecule is C/C=C/c1cc(Nc2cc(CC)nc(Oc3cc(F)c4[nH]c(C)cc4c3F)n2)n[nH]1. The van der Waals surface area contributed by atoms with Crippen LogP contribution in [0, 0.1) is 18.6 Å². The Labute approximate surface area is 171 Å². The molecule has 9 heteroatoms. The Hall–Kier alpha value is -3.75. The van der Waals surface area contributed by atoms with Crippen molar-refractivity contribution in [1.82, 2.24) is 25.1 Å².